The van der Waals surface area contributed by atoms with E-state index in [1.807, 2.05) is 6.92 Å². The average molecular weight is 322 g/mol. The maximum atomic E-state index is 12.7. The van der Waals surface area contributed by atoms with E-state index in [4.69, 9.17) is 0 Å². The van der Waals surface area contributed by atoms with Crippen molar-refractivity contribution in [2.24, 2.45) is 0 Å². The third-order valence-electron chi connectivity index (χ3n) is 3.44. The van der Waals surface area contributed by atoms with Crippen molar-refractivity contribution in [1.82, 2.24) is 4.98 Å². The molecular weight excluding hydrogens is 305 g/mol. The Kier molecular flexibility index (Phi) is 5.36. The van der Waals surface area contributed by atoms with E-state index < -0.39 is 12.6 Å². The Labute approximate surface area is 132 Å². The summed E-state index contributed by atoms with van der Waals surface area (Å²) in [5.74, 6) is -0.321. The number of alkyl halides is 3. The molecule has 1 amide bonds. The van der Waals surface area contributed by atoms with E-state index in [1.54, 1.807) is 48.8 Å². The highest BCUT2D eigenvalue weighted by Gasteiger charge is 2.28. The average Bonchev–Trinajstić information content (AvgIpc) is 2.54. The molecule has 0 aliphatic heterocycles. The number of halogens is 3. The summed E-state index contributed by atoms with van der Waals surface area (Å²) in [6.45, 7) is 2.21. The molecule has 0 N–H and O–H groups in total. The first-order valence-corrected chi connectivity index (χ1v) is 7.29. The second-order valence-electron chi connectivity index (χ2n) is 5.03. The summed E-state index contributed by atoms with van der Waals surface area (Å²) in [4.78, 5) is 18.2. The van der Waals surface area contributed by atoms with Crippen LogP contribution in [0.1, 0.15) is 29.3 Å². The minimum atomic E-state index is -4.25. The minimum Gasteiger partial charge on any atom is -0.307 e. The van der Waals surface area contributed by atoms with Gasteiger partial charge in [0.15, 0.2) is 0 Å². The zero-order chi connectivity index (χ0) is 16.9. The van der Waals surface area contributed by atoms with Crippen molar-refractivity contribution in [2.75, 3.05) is 11.4 Å². The van der Waals surface area contributed by atoms with Crippen molar-refractivity contribution < 1.29 is 18.0 Å². The molecule has 0 unspecified atom stereocenters. The van der Waals surface area contributed by atoms with Gasteiger partial charge in [-0.15, -0.1) is 0 Å². The van der Waals surface area contributed by atoms with E-state index in [-0.39, 0.29) is 12.3 Å². The standard InChI is InChI=1S/C17H17F3N2O/c1-2-22(14-7-5-11-21-12-14)16(23)15-8-4-3-6-13(15)9-10-17(18,19)20/h3-8,11-12H,2,9-10H2,1H3. The van der Waals surface area contributed by atoms with Gasteiger partial charge in [0.05, 0.1) is 11.9 Å². The maximum absolute atomic E-state index is 12.7. The van der Waals surface area contributed by atoms with E-state index >= 15 is 0 Å². The van der Waals surface area contributed by atoms with Gasteiger partial charge in [-0.05, 0) is 37.1 Å². The molecule has 1 heterocycles. The molecule has 0 spiro atoms. The van der Waals surface area contributed by atoms with Crippen LogP contribution in [0.4, 0.5) is 18.9 Å². The van der Waals surface area contributed by atoms with E-state index in [0.717, 1.165) is 0 Å². The van der Waals surface area contributed by atoms with Crippen LogP contribution in [0, 0.1) is 0 Å². The summed E-state index contributed by atoms with van der Waals surface area (Å²) in [6, 6.07) is 9.88. The number of amides is 1. The smallest absolute Gasteiger partial charge is 0.307 e. The molecule has 0 aliphatic carbocycles. The number of pyridine rings is 1. The van der Waals surface area contributed by atoms with Gasteiger partial charge in [-0.3, -0.25) is 9.78 Å². The molecule has 0 fully saturated rings. The first-order valence-electron chi connectivity index (χ1n) is 7.29. The lowest BCUT2D eigenvalue weighted by Crippen LogP contribution is -2.31. The first kappa shape index (κ1) is 17.0. The number of hydrogen-bond donors (Lipinski definition) is 0. The van der Waals surface area contributed by atoms with Crippen molar-refractivity contribution in [2.45, 2.75) is 25.9 Å². The molecule has 3 nitrogen and oxygen atoms in total. The third-order valence-corrected chi connectivity index (χ3v) is 3.44. The Morgan fingerprint density at radius 3 is 2.52 bits per heavy atom. The van der Waals surface area contributed by atoms with Crippen molar-refractivity contribution >= 4 is 11.6 Å². The third kappa shape index (κ3) is 4.55. The zero-order valence-electron chi connectivity index (χ0n) is 12.7. The lowest BCUT2D eigenvalue weighted by atomic mass is 10.0. The summed E-state index contributed by atoms with van der Waals surface area (Å²) in [7, 11) is 0. The second-order valence-corrected chi connectivity index (χ2v) is 5.03. The highest BCUT2D eigenvalue weighted by atomic mass is 19.4. The summed E-state index contributed by atoms with van der Waals surface area (Å²) in [6.07, 6.45) is -2.25. The molecular formula is C17H17F3N2O. The molecule has 0 aliphatic rings. The van der Waals surface area contributed by atoms with Crippen LogP contribution >= 0.6 is 0 Å². The molecule has 6 heteroatoms. The highest BCUT2D eigenvalue weighted by molar-refractivity contribution is 6.06. The number of nitrogens with zero attached hydrogens (tertiary/aromatic N) is 2. The van der Waals surface area contributed by atoms with E-state index in [2.05, 4.69) is 4.98 Å². The number of aryl methyl sites for hydroxylation is 1. The fourth-order valence-corrected chi connectivity index (χ4v) is 2.33. The molecule has 1 aromatic heterocycles. The molecule has 0 bridgehead atoms. The molecule has 0 saturated heterocycles. The van der Waals surface area contributed by atoms with Gasteiger partial charge in [0.25, 0.3) is 5.91 Å². The van der Waals surface area contributed by atoms with Crippen LogP contribution in [0.25, 0.3) is 0 Å². The van der Waals surface area contributed by atoms with Gasteiger partial charge in [0, 0.05) is 24.7 Å². The molecule has 122 valence electrons. The number of hydrogen-bond acceptors (Lipinski definition) is 2. The Morgan fingerprint density at radius 1 is 1.17 bits per heavy atom. The number of rotatable bonds is 5. The van der Waals surface area contributed by atoms with Crippen molar-refractivity contribution in [3.63, 3.8) is 0 Å². The zero-order valence-corrected chi connectivity index (χ0v) is 12.7. The molecule has 2 rings (SSSR count). The highest BCUT2D eigenvalue weighted by Crippen LogP contribution is 2.24. The van der Waals surface area contributed by atoms with Gasteiger partial charge >= 0.3 is 6.18 Å². The molecule has 0 radical (unpaired) electrons. The van der Waals surface area contributed by atoms with E-state index in [9.17, 15) is 18.0 Å². The topological polar surface area (TPSA) is 33.2 Å². The van der Waals surface area contributed by atoms with E-state index in [1.165, 1.54) is 4.90 Å². The molecule has 1 aromatic carbocycles. The van der Waals surface area contributed by atoms with Gasteiger partial charge in [0.2, 0.25) is 0 Å². The number of carbonyl (C=O) groups excluding carboxylic acids is 1. The van der Waals surface area contributed by atoms with Gasteiger partial charge in [0.1, 0.15) is 0 Å². The van der Waals surface area contributed by atoms with Crippen LogP contribution in [-0.4, -0.2) is 23.6 Å². The molecule has 23 heavy (non-hydrogen) atoms. The monoisotopic (exact) mass is 322 g/mol. The summed E-state index contributed by atoms with van der Waals surface area (Å²) < 4.78 is 37.4. The van der Waals surface area contributed by atoms with Gasteiger partial charge in [-0.25, -0.2) is 0 Å². The van der Waals surface area contributed by atoms with Crippen molar-refractivity contribution in [3.8, 4) is 0 Å². The van der Waals surface area contributed by atoms with Crippen LogP contribution in [0.3, 0.4) is 0 Å². The molecule has 0 atom stereocenters. The Bertz CT molecular complexity index is 656. The van der Waals surface area contributed by atoms with Crippen LogP contribution in [-0.2, 0) is 6.42 Å². The Hall–Kier alpha value is -2.37. The number of aromatic nitrogens is 1. The largest absolute Gasteiger partial charge is 0.389 e. The molecule has 0 saturated carbocycles. The van der Waals surface area contributed by atoms with Crippen LogP contribution in [0.2, 0.25) is 0 Å². The van der Waals surface area contributed by atoms with Gasteiger partial charge in [-0.1, -0.05) is 18.2 Å². The summed E-state index contributed by atoms with van der Waals surface area (Å²) >= 11 is 0. The van der Waals surface area contributed by atoms with Crippen LogP contribution in [0.5, 0.6) is 0 Å². The van der Waals surface area contributed by atoms with Gasteiger partial charge < -0.3 is 4.90 Å². The number of benzene rings is 1. The lowest BCUT2D eigenvalue weighted by molar-refractivity contribution is -0.134. The quantitative estimate of drug-likeness (QED) is 0.825. The lowest BCUT2D eigenvalue weighted by Gasteiger charge is -2.22. The maximum Gasteiger partial charge on any atom is 0.389 e. The predicted molar refractivity (Wildman–Crippen MR) is 82.4 cm³/mol. The summed E-state index contributed by atoms with van der Waals surface area (Å²) in [5.41, 5.74) is 1.31. The van der Waals surface area contributed by atoms with Gasteiger partial charge in [-0.2, -0.15) is 13.2 Å². The number of carbonyl (C=O) groups is 1. The summed E-state index contributed by atoms with van der Waals surface area (Å²) in [5, 5.41) is 0. The number of anilines is 1. The second kappa shape index (κ2) is 7.26. The fourth-order valence-electron chi connectivity index (χ4n) is 2.33. The molecule has 2 aromatic rings. The Morgan fingerprint density at radius 2 is 1.91 bits per heavy atom. The van der Waals surface area contributed by atoms with Crippen LogP contribution < -0.4 is 4.90 Å². The normalized spacial score (nSPS) is 11.3. The minimum absolute atomic E-state index is 0.212. The van der Waals surface area contributed by atoms with Crippen LogP contribution in [0.15, 0.2) is 48.8 Å². The fraction of sp³-hybridized carbons (Fsp3) is 0.294. The van der Waals surface area contributed by atoms with E-state index in [0.29, 0.717) is 23.4 Å². The van der Waals surface area contributed by atoms with Crippen molar-refractivity contribution in [3.05, 3.63) is 59.9 Å². The Balaban J connectivity index is 2.28. The predicted octanol–water partition coefficient (Wildman–Crippen LogP) is 4.24. The SMILES string of the molecule is CCN(C(=O)c1ccccc1CCC(F)(F)F)c1cccnc1. The van der Waals surface area contributed by atoms with Crippen molar-refractivity contribution in [1.29, 1.82) is 0 Å². The first-order chi connectivity index (χ1) is 10.9.